The average Bonchev–Trinajstić information content (AvgIpc) is 2.94. The minimum Gasteiger partial charge on any atom is -0.357 e. The van der Waals surface area contributed by atoms with Crippen molar-refractivity contribution in [1.82, 2.24) is 20.1 Å². The van der Waals surface area contributed by atoms with Crippen LogP contribution in [-0.4, -0.2) is 67.2 Å². The molecule has 0 atom stereocenters. The molecule has 0 saturated carbocycles. The van der Waals surface area contributed by atoms with Gasteiger partial charge in [0.15, 0.2) is 5.96 Å². The van der Waals surface area contributed by atoms with Crippen molar-refractivity contribution >= 4 is 17.3 Å². The van der Waals surface area contributed by atoms with Gasteiger partial charge >= 0.3 is 6.18 Å². The first-order valence-electron chi connectivity index (χ1n) is 9.00. The molecule has 1 aromatic rings. The standard InChI is InChI=1S/C17H28F3N5S/c1-4-21-16(22-9-10-24(2)12-17(18,19)20)25(3)11-15-23-13-7-5-6-8-14(13)26-15/h4-12H2,1-3H3,(H,21,22). The molecule has 0 aliphatic heterocycles. The number of nitrogens with zero attached hydrogens (tertiary/aromatic N) is 4. The van der Waals surface area contributed by atoms with Crippen LogP contribution in [0, 0.1) is 0 Å². The molecule has 0 radical (unpaired) electrons. The van der Waals surface area contributed by atoms with Gasteiger partial charge in [0.1, 0.15) is 5.01 Å². The molecule has 1 aromatic heterocycles. The summed E-state index contributed by atoms with van der Waals surface area (Å²) < 4.78 is 37.1. The molecule has 26 heavy (non-hydrogen) atoms. The second-order valence-corrected chi connectivity index (χ2v) is 7.80. The molecule has 9 heteroatoms. The van der Waals surface area contributed by atoms with Gasteiger partial charge in [-0.2, -0.15) is 13.2 Å². The molecular weight excluding hydrogens is 363 g/mol. The Morgan fingerprint density at radius 1 is 1.27 bits per heavy atom. The Labute approximate surface area is 157 Å². The molecule has 0 aromatic carbocycles. The van der Waals surface area contributed by atoms with Crippen LogP contribution in [0.2, 0.25) is 0 Å². The van der Waals surface area contributed by atoms with Crippen LogP contribution in [0.5, 0.6) is 0 Å². The fraction of sp³-hybridized carbons (Fsp3) is 0.765. The maximum atomic E-state index is 12.4. The van der Waals surface area contributed by atoms with E-state index in [9.17, 15) is 13.2 Å². The zero-order valence-corrected chi connectivity index (χ0v) is 16.5. The molecule has 148 valence electrons. The third-order valence-corrected chi connectivity index (χ3v) is 5.29. The molecule has 0 bridgehead atoms. The summed E-state index contributed by atoms with van der Waals surface area (Å²) in [6, 6.07) is 0. The molecule has 0 spiro atoms. The fourth-order valence-electron chi connectivity index (χ4n) is 2.93. The Morgan fingerprint density at radius 3 is 2.65 bits per heavy atom. The Kier molecular flexibility index (Phi) is 7.69. The number of fused-ring (bicyclic) bond motifs is 1. The van der Waals surface area contributed by atoms with Gasteiger partial charge in [-0.3, -0.25) is 9.89 Å². The van der Waals surface area contributed by atoms with Crippen molar-refractivity contribution in [2.75, 3.05) is 40.3 Å². The number of aliphatic imine (C=N–C) groups is 1. The van der Waals surface area contributed by atoms with Gasteiger partial charge in [0.05, 0.1) is 25.3 Å². The van der Waals surface area contributed by atoms with Gasteiger partial charge in [-0.15, -0.1) is 11.3 Å². The van der Waals surface area contributed by atoms with Crippen LogP contribution in [0.15, 0.2) is 4.99 Å². The smallest absolute Gasteiger partial charge is 0.357 e. The van der Waals surface area contributed by atoms with E-state index >= 15 is 0 Å². The lowest BCUT2D eigenvalue weighted by Gasteiger charge is -2.22. The first-order chi connectivity index (χ1) is 12.3. The number of likely N-dealkylation sites (N-methyl/N-ethyl adjacent to an activating group) is 1. The van der Waals surface area contributed by atoms with Crippen molar-refractivity contribution < 1.29 is 13.2 Å². The number of rotatable bonds is 7. The number of guanidine groups is 1. The molecule has 5 nitrogen and oxygen atoms in total. The van der Waals surface area contributed by atoms with E-state index < -0.39 is 12.7 Å². The van der Waals surface area contributed by atoms with Gasteiger partial charge in [-0.25, -0.2) is 4.98 Å². The molecule has 2 rings (SSSR count). The van der Waals surface area contributed by atoms with Crippen LogP contribution in [0.3, 0.4) is 0 Å². The lowest BCUT2D eigenvalue weighted by atomic mass is 10.0. The molecular formula is C17H28F3N5S. The van der Waals surface area contributed by atoms with E-state index in [0.717, 1.165) is 17.8 Å². The number of thiazole rings is 1. The molecule has 1 aliphatic rings. The van der Waals surface area contributed by atoms with E-state index in [1.54, 1.807) is 11.3 Å². The van der Waals surface area contributed by atoms with Gasteiger partial charge in [0.2, 0.25) is 0 Å². The van der Waals surface area contributed by atoms with E-state index in [0.29, 0.717) is 25.6 Å². The zero-order chi connectivity index (χ0) is 19.2. The zero-order valence-electron chi connectivity index (χ0n) is 15.7. The van der Waals surface area contributed by atoms with Crippen molar-refractivity contribution in [3.05, 3.63) is 15.6 Å². The first-order valence-corrected chi connectivity index (χ1v) is 9.82. The van der Waals surface area contributed by atoms with Crippen LogP contribution in [0.1, 0.15) is 35.3 Å². The number of nitrogens with one attached hydrogen (secondary N) is 1. The van der Waals surface area contributed by atoms with E-state index in [4.69, 9.17) is 4.98 Å². The summed E-state index contributed by atoms with van der Waals surface area (Å²) in [5.41, 5.74) is 1.24. The predicted octanol–water partition coefficient (Wildman–Crippen LogP) is 2.91. The average molecular weight is 392 g/mol. The van der Waals surface area contributed by atoms with Crippen molar-refractivity contribution in [3.63, 3.8) is 0 Å². The van der Waals surface area contributed by atoms with E-state index in [2.05, 4.69) is 10.3 Å². The molecule has 1 N–H and O–H groups in total. The fourth-order valence-corrected chi connectivity index (χ4v) is 4.14. The van der Waals surface area contributed by atoms with Crippen molar-refractivity contribution in [2.45, 2.75) is 45.3 Å². The second kappa shape index (κ2) is 9.55. The Hall–Kier alpha value is -1.35. The van der Waals surface area contributed by atoms with Crippen LogP contribution in [0.25, 0.3) is 0 Å². The van der Waals surface area contributed by atoms with Crippen molar-refractivity contribution in [2.24, 2.45) is 4.99 Å². The lowest BCUT2D eigenvalue weighted by Crippen LogP contribution is -2.39. The van der Waals surface area contributed by atoms with E-state index in [1.165, 1.54) is 35.4 Å². The number of aryl methyl sites for hydroxylation is 2. The van der Waals surface area contributed by atoms with Crippen molar-refractivity contribution in [1.29, 1.82) is 0 Å². The normalized spacial score (nSPS) is 15.3. The minimum atomic E-state index is -4.18. The highest BCUT2D eigenvalue weighted by molar-refractivity contribution is 7.11. The predicted molar refractivity (Wildman–Crippen MR) is 99.8 cm³/mol. The first kappa shape index (κ1) is 21.0. The number of alkyl halides is 3. The summed E-state index contributed by atoms with van der Waals surface area (Å²) in [5.74, 6) is 0.695. The van der Waals surface area contributed by atoms with Crippen LogP contribution < -0.4 is 5.32 Å². The maximum Gasteiger partial charge on any atom is 0.401 e. The number of hydrogen-bond acceptors (Lipinski definition) is 4. The number of aromatic nitrogens is 1. The molecule has 1 aliphatic carbocycles. The largest absolute Gasteiger partial charge is 0.401 e. The SMILES string of the molecule is CCNC(=NCCN(C)CC(F)(F)F)N(C)Cc1nc2c(s1)CCCC2. The Bertz CT molecular complexity index is 576. The summed E-state index contributed by atoms with van der Waals surface area (Å²) in [6.07, 6.45) is 0.455. The summed E-state index contributed by atoms with van der Waals surface area (Å²) in [5, 5.41) is 4.27. The summed E-state index contributed by atoms with van der Waals surface area (Å²) in [6.45, 7) is 2.99. The maximum absolute atomic E-state index is 12.4. The number of halogens is 3. The monoisotopic (exact) mass is 391 g/mol. The summed E-state index contributed by atoms with van der Waals surface area (Å²) in [7, 11) is 3.39. The molecule has 0 amide bonds. The van der Waals surface area contributed by atoms with E-state index in [1.807, 2.05) is 18.9 Å². The van der Waals surface area contributed by atoms with Crippen LogP contribution >= 0.6 is 11.3 Å². The highest BCUT2D eigenvalue weighted by Crippen LogP contribution is 2.27. The third kappa shape index (κ3) is 6.75. The van der Waals surface area contributed by atoms with Gasteiger partial charge in [-0.1, -0.05) is 0 Å². The summed E-state index contributed by atoms with van der Waals surface area (Å²) in [4.78, 5) is 13.8. The second-order valence-electron chi connectivity index (χ2n) is 6.63. The Balaban J connectivity index is 1.91. The molecule has 0 saturated heterocycles. The van der Waals surface area contributed by atoms with Gasteiger partial charge < -0.3 is 10.2 Å². The number of hydrogen-bond donors (Lipinski definition) is 1. The Morgan fingerprint density at radius 2 is 2.00 bits per heavy atom. The molecule has 1 heterocycles. The third-order valence-electron chi connectivity index (χ3n) is 4.15. The van der Waals surface area contributed by atoms with Crippen LogP contribution in [0.4, 0.5) is 13.2 Å². The van der Waals surface area contributed by atoms with E-state index in [-0.39, 0.29) is 6.54 Å². The highest BCUT2D eigenvalue weighted by Gasteiger charge is 2.28. The van der Waals surface area contributed by atoms with Gasteiger partial charge in [-0.05, 0) is 39.7 Å². The summed E-state index contributed by atoms with van der Waals surface area (Å²) >= 11 is 1.77. The quantitative estimate of drug-likeness (QED) is 0.573. The van der Waals surface area contributed by atoms with Crippen molar-refractivity contribution in [3.8, 4) is 0 Å². The van der Waals surface area contributed by atoms with Gasteiger partial charge in [0, 0.05) is 25.0 Å². The molecule has 0 fully saturated rings. The molecule has 0 unspecified atom stereocenters. The van der Waals surface area contributed by atoms with Crippen LogP contribution in [-0.2, 0) is 19.4 Å². The minimum absolute atomic E-state index is 0.258. The highest BCUT2D eigenvalue weighted by atomic mass is 32.1. The lowest BCUT2D eigenvalue weighted by molar-refractivity contribution is -0.142. The topological polar surface area (TPSA) is 43.8 Å². The van der Waals surface area contributed by atoms with Gasteiger partial charge in [0.25, 0.3) is 0 Å².